The molecule has 0 aliphatic rings. The van der Waals surface area contributed by atoms with Crippen LogP contribution in [0.2, 0.25) is 0 Å². The Hall–Kier alpha value is -1.44. The van der Waals surface area contributed by atoms with Crippen molar-refractivity contribution in [2.75, 3.05) is 0 Å². The number of Topliss-reactive ketones (excluding diaryl/α,β-unsaturated/α-hetero) is 2. The van der Waals surface area contributed by atoms with Crippen LogP contribution in [0, 0.1) is 0 Å². The molecule has 1 aromatic rings. The minimum Gasteiger partial charge on any atom is -0.300 e. The highest BCUT2D eigenvalue weighted by Gasteiger charge is 2.08. The van der Waals surface area contributed by atoms with Crippen molar-refractivity contribution in [1.29, 1.82) is 0 Å². The molecular formula is C13H16O2. The zero-order chi connectivity index (χ0) is 11.4. The van der Waals surface area contributed by atoms with E-state index in [0.717, 1.165) is 5.56 Å². The Morgan fingerprint density at radius 3 is 2.07 bits per heavy atom. The monoisotopic (exact) mass is 204 g/mol. The predicted molar refractivity (Wildman–Crippen MR) is 60.2 cm³/mol. The lowest BCUT2D eigenvalue weighted by Gasteiger charge is -2.09. The summed E-state index contributed by atoms with van der Waals surface area (Å²) in [6.07, 6.45) is 0.555. The summed E-state index contributed by atoms with van der Waals surface area (Å²) in [5.74, 6) is 0.488. The van der Waals surface area contributed by atoms with Crippen LogP contribution in [0.25, 0.3) is 0 Å². The number of ketones is 2. The summed E-state index contributed by atoms with van der Waals surface area (Å²) < 4.78 is 0. The van der Waals surface area contributed by atoms with Crippen molar-refractivity contribution in [1.82, 2.24) is 0 Å². The standard InChI is InChI=1S/C13H16O2/c1-9(8-10(2)14)12-4-6-13(7-5-12)11(3)15/h4-7,9H,8H2,1-3H3/t9-/m1/s1. The highest BCUT2D eigenvalue weighted by molar-refractivity contribution is 5.94. The summed E-state index contributed by atoms with van der Waals surface area (Å²) in [7, 11) is 0. The largest absolute Gasteiger partial charge is 0.300 e. The first-order valence-corrected chi connectivity index (χ1v) is 5.11. The number of carbonyl (C=O) groups excluding carboxylic acids is 2. The minimum absolute atomic E-state index is 0.0702. The van der Waals surface area contributed by atoms with Crippen LogP contribution in [-0.4, -0.2) is 11.6 Å². The molecule has 0 fully saturated rings. The second kappa shape index (κ2) is 4.87. The maximum Gasteiger partial charge on any atom is 0.159 e. The Bertz CT molecular complexity index is 363. The van der Waals surface area contributed by atoms with E-state index in [-0.39, 0.29) is 17.5 Å². The van der Waals surface area contributed by atoms with Crippen LogP contribution in [0.4, 0.5) is 0 Å². The lowest BCUT2D eigenvalue weighted by atomic mass is 9.95. The summed E-state index contributed by atoms with van der Waals surface area (Å²) in [6.45, 7) is 5.17. The Morgan fingerprint density at radius 2 is 1.67 bits per heavy atom. The van der Waals surface area contributed by atoms with E-state index in [2.05, 4.69) is 0 Å². The summed E-state index contributed by atoms with van der Waals surface area (Å²) in [6, 6.07) is 7.47. The lowest BCUT2D eigenvalue weighted by molar-refractivity contribution is -0.117. The maximum atomic E-state index is 11.1. The van der Waals surface area contributed by atoms with Crippen molar-refractivity contribution in [2.45, 2.75) is 33.1 Å². The van der Waals surface area contributed by atoms with Gasteiger partial charge in [0.25, 0.3) is 0 Å². The molecule has 0 bridgehead atoms. The fourth-order valence-electron chi connectivity index (χ4n) is 1.60. The van der Waals surface area contributed by atoms with Crippen molar-refractivity contribution >= 4 is 11.6 Å². The van der Waals surface area contributed by atoms with Gasteiger partial charge in [0.15, 0.2) is 5.78 Å². The van der Waals surface area contributed by atoms with Crippen molar-refractivity contribution in [3.05, 3.63) is 35.4 Å². The van der Waals surface area contributed by atoms with Gasteiger partial charge in [-0.25, -0.2) is 0 Å². The van der Waals surface area contributed by atoms with E-state index in [4.69, 9.17) is 0 Å². The molecule has 0 unspecified atom stereocenters. The molecular weight excluding hydrogens is 188 g/mol. The van der Waals surface area contributed by atoms with Crippen molar-refractivity contribution in [2.24, 2.45) is 0 Å². The smallest absolute Gasteiger partial charge is 0.159 e. The van der Waals surface area contributed by atoms with E-state index < -0.39 is 0 Å². The minimum atomic E-state index is 0.0702. The molecule has 0 aromatic heterocycles. The number of benzene rings is 1. The normalized spacial score (nSPS) is 12.2. The Balaban J connectivity index is 2.79. The van der Waals surface area contributed by atoms with Gasteiger partial charge in [0.1, 0.15) is 5.78 Å². The number of carbonyl (C=O) groups is 2. The fraction of sp³-hybridized carbons (Fsp3) is 0.385. The molecule has 2 nitrogen and oxygen atoms in total. The second-order valence-corrected chi connectivity index (χ2v) is 3.99. The highest BCUT2D eigenvalue weighted by atomic mass is 16.1. The maximum absolute atomic E-state index is 11.1. The summed E-state index contributed by atoms with van der Waals surface area (Å²) in [5.41, 5.74) is 1.82. The van der Waals surface area contributed by atoms with Crippen molar-refractivity contribution in [3.8, 4) is 0 Å². The molecule has 1 aromatic carbocycles. The van der Waals surface area contributed by atoms with Gasteiger partial charge in [0, 0.05) is 12.0 Å². The van der Waals surface area contributed by atoms with Crippen LogP contribution in [0.1, 0.15) is 49.0 Å². The van der Waals surface area contributed by atoms with Crippen LogP contribution in [0.5, 0.6) is 0 Å². The van der Waals surface area contributed by atoms with Gasteiger partial charge >= 0.3 is 0 Å². The van der Waals surface area contributed by atoms with Gasteiger partial charge in [-0.1, -0.05) is 31.2 Å². The van der Waals surface area contributed by atoms with Crippen LogP contribution in [0.3, 0.4) is 0 Å². The Labute approximate surface area is 90.3 Å². The van der Waals surface area contributed by atoms with Gasteiger partial charge in [-0.15, -0.1) is 0 Å². The first-order valence-electron chi connectivity index (χ1n) is 5.11. The molecule has 1 rings (SSSR count). The van der Waals surface area contributed by atoms with E-state index in [1.165, 1.54) is 0 Å². The van der Waals surface area contributed by atoms with Crippen molar-refractivity contribution in [3.63, 3.8) is 0 Å². The van der Waals surface area contributed by atoms with Gasteiger partial charge in [-0.3, -0.25) is 4.79 Å². The molecule has 15 heavy (non-hydrogen) atoms. The Kier molecular flexibility index (Phi) is 3.78. The fourth-order valence-corrected chi connectivity index (χ4v) is 1.60. The molecule has 0 heterocycles. The summed E-state index contributed by atoms with van der Waals surface area (Å²) in [5, 5.41) is 0. The van der Waals surface area contributed by atoms with Gasteiger partial charge in [-0.05, 0) is 25.3 Å². The highest BCUT2D eigenvalue weighted by Crippen LogP contribution is 2.19. The second-order valence-electron chi connectivity index (χ2n) is 3.99. The first-order chi connectivity index (χ1) is 7.00. The SMILES string of the molecule is CC(=O)C[C@@H](C)c1ccc(C(C)=O)cc1. The molecule has 0 aliphatic heterocycles. The van der Waals surface area contributed by atoms with E-state index in [1.54, 1.807) is 13.8 Å². The van der Waals surface area contributed by atoms with Crippen molar-refractivity contribution < 1.29 is 9.59 Å². The van der Waals surface area contributed by atoms with Crippen LogP contribution >= 0.6 is 0 Å². The molecule has 80 valence electrons. The van der Waals surface area contributed by atoms with Gasteiger partial charge in [0.2, 0.25) is 0 Å². The number of hydrogen-bond donors (Lipinski definition) is 0. The molecule has 2 heteroatoms. The van der Waals surface area contributed by atoms with E-state index >= 15 is 0 Å². The quantitative estimate of drug-likeness (QED) is 0.706. The molecule has 0 radical (unpaired) electrons. The average Bonchev–Trinajstić information content (AvgIpc) is 2.17. The molecule has 1 atom stereocenters. The van der Waals surface area contributed by atoms with E-state index in [9.17, 15) is 9.59 Å². The predicted octanol–water partition coefficient (Wildman–Crippen LogP) is 2.97. The molecule has 0 saturated heterocycles. The van der Waals surface area contributed by atoms with E-state index in [0.29, 0.717) is 12.0 Å². The third kappa shape index (κ3) is 3.31. The molecule has 0 amide bonds. The number of hydrogen-bond acceptors (Lipinski definition) is 2. The molecule has 0 saturated carbocycles. The van der Waals surface area contributed by atoms with E-state index in [1.807, 2.05) is 31.2 Å². The third-order valence-electron chi connectivity index (χ3n) is 2.48. The zero-order valence-corrected chi connectivity index (χ0v) is 9.41. The van der Waals surface area contributed by atoms with Gasteiger partial charge in [0.05, 0.1) is 0 Å². The third-order valence-corrected chi connectivity index (χ3v) is 2.48. The molecule has 0 spiro atoms. The molecule has 0 N–H and O–H groups in total. The zero-order valence-electron chi connectivity index (χ0n) is 9.41. The summed E-state index contributed by atoms with van der Waals surface area (Å²) in [4.78, 5) is 22.0. The summed E-state index contributed by atoms with van der Waals surface area (Å²) >= 11 is 0. The first kappa shape index (κ1) is 11.6. The van der Waals surface area contributed by atoms with Crippen LogP contribution in [-0.2, 0) is 4.79 Å². The topological polar surface area (TPSA) is 34.1 Å². The van der Waals surface area contributed by atoms with Gasteiger partial charge in [-0.2, -0.15) is 0 Å². The lowest BCUT2D eigenvalue weighted by Crippen LogP contribution is -2.01. The van der Waals surface area contributed by atoms with Crippen LogP contribution in [0.15, 0.2) is 24.3 Å². The van der Waals surface area contributed by atoms with Gasteiger partial charge < -0.3 is 4.79 Å². The number of rotatable bonds is 4. The average molecular weight is 204 g/mol. The Morgan fingerprint density at radius 1 is 1.13 bits per heavy atom. The van der Waals surface area contributed by atoms with Crippen LogP contribution < -0.4 is 0 Å². The molecule has 0 aliphatic carbocycles.